The van der Waals surface area contributed by atoms with Gasteiger partial charge in [0.15, 0.2) is 0 Å². The van der Waals surface area contributed by atoms with Crippen molar-refractivity contribution in [3.05, 3.63) is 23.4 Å². The Morgan fingerprint density at radius 3 is 2.68 bits per heavy atom. The van der Waals surface area contributed by atoms with Gasteiger partial charge in [-0.1, -0.05) is 20.8 Å². The molecule has 3 N–H and O–H groups in total. The highest BCUT2D eigenvalue weighted by Crippen LogP contribution is 2.36. The number of hydrogen-bond acceptors (Lipinski definition) is 3. The van der Waals surface area contributed by atoms with Gasteiger partial charge in [-0.25, -0.2) is 4.98 Å². The summed E-state index contributed by atoms with van der Waals surface area (Å²) in [5, 5.41) is 2.99. The molecule has 0 saturated heterocycles. The predicted molar refractivity (Wildman–Crippen MR) is 77.0 cm³/mol. The quantitative estimate of drug-likeness (QED) is 0.856. The molecule has 4 heteroatoms. The summed E-state index contributed by atoms with van der Waals surface area (Å²) in [6, 6.07) is 3.47. The fourth-order valence-corrected chi connectivity index (χ4v) is 2.19. The molecule has 1 heterocycles. The smallest absolute Gasteiger partial charge is 0.251 e. The predicted octanol–water partition coefficient (Wildman–Crippen LogP) is 2.56. The molecule has 2 rings (SSSR count). The molecule has 0 radical (unpaired) electrons. The minimum Gasteiger partial charge on any atom is -0.384 e. The molecular formula is C15H23N3O. The number of anilines is 1. The molecule has 1 aromatic rings. The average molecular weight is 261 g/mol. The molecule has 1 aliphatic carbocycles. The Kier molecular flexibility index (Phi) is 4.08. The monoisotopic (exact) mass is 261 g/mol. The lowest BCUT2D eigenvalue weighted by molar-refractivity contribution is 0.0946. The van der Waals surface area contributed by atoms with Crippen LogP contribution in [0.15, 0.2) is 12.1 Å². The normalized spacial score (nSPS) is 16.4. The molecule has 19 heavy (non-hydrogen) atoms. The van der Waals surface area contributed by atoms with E-state index in [9.17, 15) is 4.79 Å². The molecule has 1 unspecified atom stereocenters. The first-order valence-corrected chi connectivity index (χ1v) is 7.03. The van der Waals surface area contributed by atoms with E-state index in [0.29, 0.717) is 17.3 Å². The molecular weight excluding hydrogens is 238 g/mol. The van der Waals surface area contributed by atoms with Crippen LogP contribution in [0.1, 0.15) is 55.6 Å². The maximum Gasteiger partial charge on any atom is 0.251 e. The van der Waals surface area contributed by atoms with Gasteiger partial charge in [-0.05, 0) is 42.7 Å². The molecule has 0 aromatic carbocycles. The Morgan fingerprint density at radius 1 is 1.42 bits per heavy atom. The highest BCUT2D eigenvalue weighted by Gasteiger charge is 2.27. The third-order valence-electron chi connectivity index (χ3n) is 3.73. The number of carbonyl (C=O) groups is 1. The largest absolute Gasteiger partial charge is 0.384 e. The van der Waals surface area contributed by atoms with Crippen molar-refractivity contribution >= 4 is 11.7 Å². The third-order valence-corrected chi connectivity index (χ3v) is 3.73. The van der Waals surface area contributed by atoms with Gasteiger partial charge in [0, 0.05) is 17.8 Å². The summed E-state index contributed by atoms with van der Waals surface area (Å²) in [7, 11) is 0. The molecule has 4 nitrogen and oxygen atoms in total. The van der Waals surface area contributed by atoms with Crippen LogP contribution >= 0.6 is 0 Å². The van der Waals surface area contributed by atoms with Crippen molar-refractivity contribution in [2.45, 2.75) is 39.5 Å². The van der Waals surface area contributed by atoms with Crippen molar-refractivity contribution < 1.29 is 4.79 Å². The van der Waals surface area contributed by atoms with E-state index >= 15 is 0 Å². The zero-order valence-corrected chi connectivity index (χ0v) is 11.9. The van der Waals surface area contributed by atoms with Crippen LogP contribution in [0.25, 0.3) is 0 Å². The number of pyridine rings is 1. The van der Waals surface area contributed by atoms with Crippen LogP contribution in [0.2, 0.25) is 0 Å². The fraction of sp³-hybridized carbons (Fsp3) is 0.600. The van der Waals surface area contributed by atoms with E-state index in [1.807, 2.05) is 19.9 Å². The zero-order chi connectivity index (χ0) is 14.0. The zero-order valence-electron chi connectivity index (χ0n) is 11.9. The lowest BCUT2D eigenvalue weighted by atomic mass is 10.1. The molecule has 1 saturated carbocycles. The summed E-state index contributed by atoms with van der Waals surface area (Å²) in [5.41, 5.74) is 7.23. The van der Waals surface area contributed by atoms with E-state index in [1.54, 1.807) is 6.07 Å². The van der Waals surface area contributed by atoms with E-state index < -0.39 is 0 Å². The SMILES string of the molecule is CC(C)c1cc(C(=O)NCC(C)C2CC2)cc(N)n1. The Bertz CT molecular complexity index is 466. The van der Waals surface area contributed by atoms with Crippen LogP contribution in [-0.4, -0.2) is 17.4 Å². The first-order chi connectivity index (χ1) is 8.97. The maximum absolute atomic E-state index is 12.1. The van der Waals surface area contributed by atoms with Crippen molar-refractivity contribution in [3.8, 4) is 0 Å². The Hall–Kier alpha value is -1.58. The van der Waals surface area contributed by atoms with Gasteiger partial charge in [-0.2, -0.15) is 0 Å². The van der Waals surface area contributed by atoms with E-state index in [2.05, 4.69) is 17.2 Å². The number of carbonyl (C=O) groups excluding carboxylic acids is 1. The standard InChI is InChI=1S/C15H23N3O/c1-9(2)13-6-12(7-14(16)18-13)15(19)17-8-10(3)11-4-5-11/h6-7,9-11H,4-5,8H2,1-3H3,(H2,16,18)(H,17,19). The second-order valence-electron chi connectivity index (χ2n) is 5.88. The number of amides is 1. The van der Waals surface area contributed by atoms with Gasteiger partial charge in [0.25, 0.3) is 5.91 Å². The van der Waals surface area contributed by atoms with Crippen LogP contribution in [0.4, 0.5) is 5.82 Å². The van der Waals surface area contributed by atoms with Crippen molar-refractivity contribution in [1.82, 2.24) is 10.3 Å². The minimum absolute atomic E-state index is 0.0523. The second-order valence-corrected chi connectivity index (χ2v) is 5.88. The molecule has 1 atom stereocenters. The van der Waals surface area contributed by atoms with Gasteiger partial charge in [-0.15, -0.1) is 0 Å². The van der Waals surface area contributed by atoms with Gasteiger partial charge in [-0.3, -0.25) is 4.79 Å². The topological polar surface area (TPSA) is 68.0 Å². The van der Waals surface area contributed by atoms with Crippen LogP contribution in [0.3, 0.4) is 0 Å². The summed E-state index contributed by atoms with van der Waals surface area (Å²) in [4.78, 5) is 16.4. The maximum atomic E-state index is 12.1. The number of nitrogen functional groups attached to an aromatic ring is 1. The molecule has 104 valence electrons. The van der Waals surface area contributed by atoms with E-state index in [1.165, 1.54) is 12.8 Å². The van der Waals surface area contributed by atoms with Crippen molar-refractivity contribution in [2.75, 3.05) is 12.3 Å². The number of nitrogens with two attached hydrogens (primary N) is 1. The van der Waals surface area contributed by atoms with Crippen molar-refractivity contribution in [2.24, 2.45) is 11.8 Å². The van der Waals surface area contributed by atoms with Gasteiger partial charge in [0.1, 0.15) is 5.82 Å². The molecule has 1 aromatic heterocycles. The second kappa shape index (κ2) is 5.59. The molecule has 0 aliphatic heterocycles. The van der Waals surface area contributed by atoms with Gasteiger partial charge >= 0.3 is 0 Å². The molecule has 0 bridgehead atoms. The van der Waals surface area contributed by atoms with Crippen molar-refractivity contribution in [3.63, 3.8) is 0 Å². The van der Waals surface area contributed by atoms with Crippen LogP contribution in [0.5, 0.6) is 0 Å². The first kappa shape index (κ1) is 13.8. The third kappa shape index (κ3) is 3.69. The first-order valence-electron chi connectivity index (χ1n) is 7.03. The number of nitrogens with zero attached hydrogens (tertiary/aromatic N) is 1. The minimum atomic E-state index is -0.0523. The Balaban J connectivity index is 2.01. The number of rotatable bonds is 5. The average Bonchev–Trinajstić information content (AvgIpc) is 3.18. The highest BCUT2D eigenvalue weighted by atomic mass is 16.1. The van der Waals surface area contributed by atoms with E-state index in [4.69, 9.17) is 5.73 Å². The summed E-state index contributed by atoms with van der Waals surface area (Å²) < 4.78 is 0. The van der Waals surface area contributed by atoms with Gasteiger partial charge in [0.2, 0.25) is 0 Å². The molecule has 1 fully saturated rings. The number of aromatic nitrogens is 1. The highest BCUT2D eigenvalue weighted by molar-refractivity contribution is 5.94. The van der Waals surface area contributed by atoms with E-state index in [0.717, 1.165) is 18.2 Å². The van der Waals surface area contributed by atoms with Crippen LogP contribution in [0, 0.1) is 11.8 Å². The molecule has 1 amide bonds. The van der Waals surface area contributed by atoms with Crippen LogP contribution in [-0.2, 0) is 0 Å². The van der Waals surface area contributed by atoms with E-state index in [-0.39, 0.29) is 11.8 Å². The van der Waals surface area contributed by atoms with Crippen LogP contribution < -0.4 is 11.1 Å². The Morgan fingerprint density at radius 2 is 2.11 bits per heavy atom. The summed E-state index contributed by atoms with van der Waals surface area (Å²) >= 11 is 0. The lowest BCUT2D eigenvalue weighted by Gasteiger charge is -2.13. The summed E-state index contributed by atoms with van der Waals surface area (Å²) in [5.74, 6) is 1.98. The lowest BCUT2D eigenvalue weighted by Crippen LogP contribution is -2.29. The Labute approximate surface area is 114 Å². The summed E-state index contributed by atoms with van der Waals surface area (Å²) in [6.07, 6.45) is 2.60. The molecule has 0 spiro atoms. The number of nitrogens with one attached hydrogen (secondary N) is 1. The van der Waals surface area contributed by atoms with Crippen molar-refractivity contribution in [1.29, 1.82) is 0 Å². The summed E-state index contributed by atoms with van der Waals surface area (Å²) in [6.45, 7) is 7.01. The number of hydrogen-bond donors (Lipinski definition) is 2. The van der Waals surface area contributed by atoms with Gasteiger partial charge < -0.3 is 11.1 Å². The van der Waals surface area contributed by atoms with Gasteiger partial charge in [0.05, 0.1) is 0 Å². The fourth-order valence-electron chi connectivity index (χ4n) is 2.19. The molecule has 1 aliphatic rings.